The maximum Gasteiger partial charge on any atom is 0.0926 e. The molecule has 1 rings (SSSR count). The Labute approximate surface area is 130 Å². The molecule has 1 aromatic carbocycles. The number of benzene rings is 1. The van der Waals surface area contributed by atoms with Crippen LogP contribution >= 0.6 is 0 Å². The van der Waals surface area contributed by atoms with E-state index in [2.05, 4.69) is 45.0 Å². The van der Waals surface area contributed by atoms with Crippen LogP contribution in [0.15, 0.2) is 24.3 Å². The van der Waals surface area contributed by atoms with Crippen molar-refractivity contribution in [3.05, 3.63) is 35.4 Å². The highest BCUT2D eigenvalue weighted by molar-refractivity contribution is 5.26. The molecule has 2 heteroatoms. The summed E-state index contributed by atoms with van der Waals surface area (Å²) in [6.45, 7) is 11.1. The van der Waals surface area contributed by atoms with Crippen molar-refractivity contribution < 1.29 is 9.84 Å². The molecule has 21 heavy (non-hydrogen) atoms. The highest BCUT2D eigenvalue weighted by atomic mass is 16.5. The fraction of sp³-hybridized carbons (Fsp3) is 0.684. The van der Waals surface area contributed by atoms with Gasteiger partial charge in [-0.25, -0.2) is 0 Å². The van der Waals surface area contributed by atoms with Crippen molar-refractivity contribution in [2.24, 2.45) is 0 Å². The van der Waals surface area contributed by atoms with E-state index in [9.17, 15) is 5.11 Å². The Kier molecular flexibility index (Phi) is 6.89. The molecule has 0 amide bonds. The van der Waals surface area contributed by atoms with Gasteiger partial charge >= 0.3 is 0 Å². The predicted octanol–water partition coefficient (Wildman–Crippen LogP) is 4.97. The van der Waals surface area contributed by atoms with Crippen LogP contribution in [0.2, 0.25) is 0 Å². The van der Waals surface area contributed by atoms with Gasteiger partial charge in [0.05, 0.1) is 17.8 Å². The Hall–Kier alpha value is -0.860. The van der Waals surface area contributed by atoms with E-state index in [1.807, 2.05) is 13.8 Å². The Balaban J connectivity index is 2.79. The van der Waals surface area contributed by atoms with Gasteiger partial charge in [-0.05, 0) is 44.6 Å². The van der Waals surface area contributed by atoms with Crippen molar-refractivity contribution in [1.29, 1.82) is 0 Å². The Morgan fingerprint density at radius 3 is 1.86 bits per heavy atom. The van der Waals surface area contributed by atoms with Crippen molar-refractivity contribution >= 4 is 0 Å². The molecule has 0 aromatic heterocycles. The molecule has 0 radical (unpaired) electrons. The van der Waals surface area contributed by atoms with Crippen molar-refractivity contribution in [3.8, 4) is 0 Å². The third-order valence-electron chi connectivity index (χ3n) is 4.98. The Morgan fingerprint density at radius 1 is 0.905 bits per heavy atom. The van der Waals surface area contributed by atoms with Gasteiger partial charge in [-0.2, -0.15) is 0 Å². The van der Waals surface area contributed by atoms with Crippen molar-refractivity contribution in [2.45, 2.75) is 77.9 Å². The molecule has 0 heterocycles. The second-order valence-electron chi connectivity index (χ2n) is 6.10. The number of hydrogen-bond acceptors (Lipinski definition) is 2. The molecule has 0 saturated carbocycles. The highest BCUT2D eigenvalue weighted by Crippen LogP contribution is 2.34. The van der Waals surface area contributed by atoms with Gasteiger partial charge in [-0.1, -0.05) is 57.5 Å². The Morgan fingerprint density at radius 2 is 1.43 bits per heavy atom. The minimum absolute atomic E-state index is 0.226. The van der Waals surface area contributed by atoms with Crippen LogP contribution in [0.3, 0.4) is 0 Å². The smallest absolute Gasteiger partial charge is 0.0926 e. The molecule has 0 fully saturated rings. The monoisotopic (exact) mass is 292 g/mol. The first kappa shape index (κ1) is 18.2. The quantitative estimate of drug-likeness (QED) is 0.696. The summed E-state index contributed by atoms with van der Waals surface area (Å²) < 4.78 is 6.29. The topological polar surface area (TPSA) is 29.5 Å². The molecular weight excluding hydrogens is 260 g/mol. The number of ether oxygens (including phenoxy) is 1. The van der Waals surface area contributed by atoms with E-state index in [4.69, 9.17) is 4.74 Å². The van der Waals surface area contributed by atoms with E-state index in [0.717, 1.165) is 25.7 Å². The first-order valence-corrected chi connectivity index (χ1v) is 8.38. The summed E-state index contributed by atoms with van der Waals surface area (Å²) in [6.07, 6.45) is 4.16. The maximum atomic E-state index is 10.4. The normalized spacial score (nSPS) is 12.7. The van der Waals surface area contributed by atoms with Gasteiger partial charge in [0, 0.05) is 0 Å². The summed E-state index contributed by atoms with van der Waals surface area (Å²) in [6, 6.07) is 8.64. The van der Waals surface area contributed by atoms with E-state index in [0.29, 0.717) is 13.0 Å². The van der Waals surface area contributed by atoms with E-state index in [1.54, 1.807) is 0 Å². The lowest BCUT2D eigenvalue weighted by atomic mass is 9.87. The van der Waals surface area contributed by atoms with Gasteiger partial charge < -0.3 is 9.84 Å². The molecule has 1 N–H and O–H groups in total. The van der Waals surface area contributed by atoms with E-state index in [1.165, 1.54) is 11.1 Å². The van der Waals surface area contributed by atoms with Gasteiger partial charge in [-0.3, -0.25) is 0 Å². The zero-order chi connectivity index (χ0) is 15.9. The second-order valence-corrected chi connectivity index (χ2v) is 6.10. The fourth-order valence-corrected chi connectivity index (χ4v) is 2.84. The van der Waals surface area contributed by atoms with Crippen LogP contribution in [0.25, 0.3) is 0 Å². The number of hydrogen-bond donors (Lipinski definition) is 1. The summed E-state index contributed by atoms with van der Waals surface area (Å²) in [5.41, 5.74) is 1.71. The highest BCUT2D eigenvalue weighted by Gasteiger charge is 2.31. The maximum absolute atomic E-state index is 10.4. The summed E-state index contributed by atoms with van der Waals surface area (Å²) in [7, 11) is 0. The molecule has 0 spiro atoms. The SMILES string of the molecule is CCC(O)(CC)CCOC(CC)(CC)c1ccc(C)cc1. The van der Waals surface area contributed by atoms with E-state index < -0.39 is 5.60 Å². The lowest BCUT2D eigenvalue weighted by Gasteiger charge is -2.34. The number of aliphatic hydroxyl groups is 1. The van der Waals surface area contributed by atoms with Crippen molar-refractivity contribution in [3.63, 3.8) is 0 Å². The molecule has 120 valence electrons. The molecule has 0 aliphatic carbocycles. The Bertz CT molecular complexity index is 400. The summed E-state index contributed by atoms with van der Waals surface area (Å²) in [4.78, 5) is 0. The zero-order valence-electron chi connectivity index (χ0n) is 14.4. The molecule has 2 nitrogen and oxygen atoms in total. The second kappa shape index (κ2) is 7.95. The molecule has 0 aliphatic rings. The van der Waals surface area contributed by atoms with Gasteiger partial charge in [0.15, 0.2) is 0 Å². The lowest BCUT2D eigenvalue weighted by Crippen LogP contribution is -2.33. The summed E-state index contributed by atoms with van der Waals surface area (Å²) in [5, 5.41) is 10.4. The van der Waals surface area contributed by atoms with Crippen LogP contribution in [0, 0.1) is 6.92 Å². The first-order chi connectivity index (χ1) is 9.95. The van der Waals surface area contributed by atoms with Gasteiger partial charge in [0.25, 0.3) is 0 Å². The molecule has 0 bridgehead atoms. The van der Waals surface area contributed by atoms with Crippen LogP contribution in [0.4, 0.5) is 0 Å². The number of rotatable bonds is 9. The minimum Gasteiger partial charge on any atom is -0.390 e. The molecule has 1 aromatic rings. The van der Waals surface area contributed by atoms with Crippen LogP contribution in [0.1, 0.15) is 70.9 Å². The lowest BCUT2D eigenvalue weighted by molar-refractivity contribution is -0.0845. The largest absolute Gasteiger partial charge is 0.390 e. The van der Waals surface area contributed by atoms with Gasteiger partial charge in [0.1, 0.15) is 0 Å². The molecule has 0 aliphatic heterocycles. The van der Waals surface area contributed by atoms with Gasteiger partial charge in [0.2, 0.25) is 0 Å². The third-order valence-corrected chi connectivity index (χ3v) is 4.98. The van der Waals surface area contributed by atoms with Gasteiger partial charge in [-0.15, -0.1) is 0 Å². The van der Waals surface area contributed by atoms with Crippen LogP contribution in [0.5, 0.6) is 0 Å². The molecular formula is C19H32O2. The predicted molar refractivity (Wildman–Crippen MR) is 89.5 cm³/mol. The standard InChI is InChI=1S/C19H32O2/c1-6-18(20,7-2)14-15-21-19(8-3,9-4)17-12-10-16(5)11-13-17/h10-13,20H,6-9,14-15H2,1-5H3. The summed E-state index contributed by atoms with van der Waals surface area (Å²) >= 11 is 0. The van der Waals surface area contributed by atoms with Crippen LogP contribution < -0.4 is 0 Å². The van der Waals surface area contributed by atoms with Crippen LogP contribution in [-0.2, 0) is 10.3 Å². The zero-order valence-corrected chi connectivity index (χ0v) is 14.4. The molecule has 0 unspecified atom stereocenters. The van der Waals surface area contributed by atoms with Crippen molar-refractivity contribution in [1.82, 2.24) is 0 Å². The third kappa shape index (κ3) is 4.55. The first-order valence-electron chi connectivity index (χ1n) is 8.38. The average Bonchev–Trinajstić information content (AvgIpc) is 2.52. The van der Waals surface area contributed by atoms with E-state index >= 15 is 0 Å². The van der Waals surface area contributed by atoms with Crippen molar-refractivity contribution in [2.75, 3.05) is 6.61 Å². The average molecular weight is 292 g/mol. The molecule has 0 saturated heterocycles. The van der Waals surface area contributed by atoms with E-state index in [-0.39, 0.29) is 5.60 Å². The number of aryl methyl sites for hydroxylation is 1. The summed E-state index contributed by atoms with van der Waals surface area (Å²) in [5.74, 6) is 0. The molecule has 0 atom stereocenters. The van der Waals surface area contributed by atoms with Crippen LogP contribution in [-0.4, -0.2) is 17.3 Å². The minimum atomic E-state index is -0.583. The fourth-order valence-electron chi connectivity index (χ4n) is 2.84.